The van der Waals surface area contributed by atoms with E-state index in [1.807, 2.05) is 0 Å². The van der Waals surface area contributed by atoms with Crippen LogP contribution in [0.1, 0.15) is 117 Å². The first-order chi connectivity index (χ1) is 14.9. The molecule has 0 saturated heterocycles. The lowest BCUT2D eigenvalue weighted by atomic mass is 10.1. The van der Waals surface area contributed by atoms with E-state index in [-0.39, 0.29) is 0 Å². The molecule has 0 fully saturated rings. The first-order valence-electron chi connectivity index (χ1n) is 12.3. The molecule has 2 unspecified atom stereocenters. The minimum absolute atomic E-state index is 0.458. The third-order valence-corrected chi connectivity index (χ3v) is 8.38. The van der Waals surface area contributed by atoms with Gasteiger partial charge in [-0.1, -0.05) is 104 Å². The summed E-state index contributed by atoms with van der Waals surface area (Å²) in [6.45, 7) is 4.39. The lowest BCUT2D eigenvalue weighted by molar-refractivity contribution is -0.155. The number of aliphatic hydroxyl groups is 1. The van der Waals surface area contributed by atoms with Crippen molar-refractivity contribution >= 4 is 35.5 Å². The van der Waals surface area contributed by atoms with Gasteiger partial charge in [0.1, 0.15) is 0 Å². The van der Waals surface area contributed by atoms with E-state index in [2.05, 4.69) is 13.8 Å². The van der Waals surface area contributed by atoms with Crippen LogP contribution in [0, 0.1) is 0 Å². The molecule has 5 nitrogen and oxygen atoms in total. The number of carboxylic acids is 2. The van der Waals surface area contributed by atoms with Gasteiger partial charge in [-0.05, 0) is 24.3 Å². The molecule has 0 aromatic rings. The lowest BCUT2D eigenvalue weighted by Crippen LogP contribution is -2.49. The van der Waals surface area contributed by atoms with E-state index >= 15 is 0 Å². The summed E-state index contributed by atoms with van der Waals surface area (Å²) in [4.78, 5) is 21.2. The van der Waals surface area contributed by atoms with Crippen molar-refractivity contribution in [2.45, 2.75) is 127 Å². The van der Waals surface area contributed by atoms with Crippen molar-refractivity contribution in [3.8, 4) is 0 Å². The van der Waals surface area contributed by atoms with Crippen LogP contribution in [-0.2, 0) is 9.59 Å². The van der Waals surface area contributed by atoms with Crippen LogP contribution >= 0.6 is 23.5 Å². The topological polar surface area (TPSA) is 94.8 Å². The quantitative estimate of drug-likeness (QED) is 0.108. The number of rotatable bonds is 23. The van der Waals surface area contributed by atoms with Crippen LogP contribution in [0.3, 0.4) is 0 Å². The fourth-order valence-electron chi connectivity index (χ4n) is 3.50. The van der Waals surface area contributed by atoms with E-state index in [4.69, 9.17) is 0 Å². The van der Waals surface area contributed by atoms with Crippen LogP contribution in [-0.4, -0.2) is 48.9 Å². The molecule has 0 spiro atoms. The number of carboxylic acid groups (broad SMARTS) is 2. The fourth-order valence-corrected chi connectivity index (χ4v) is 6.02. The number of thioether (sulfide) groups is 2. The molecule has 2 atom stereocenters. The Balaban J connectivity index is 4.25. The first kappa shape index (κ1) is 30.6. The molecule has 31 heavy (non-hydrogen) atoms. The van der Waals surface area contributed by atoms with Gasteiger partial charge in [0, 0.05) is 0 Å². The molecule has 0 heterocycles. The largest absolute Gasteiger partial charge is 0.480 e. The number of unbranched alkanes of at least 4 members (excludes halogenated alkanes) is 14. The number of aliphatic carboxylic acids is 2. The van der Waals surface area contributed by atoms with Gasteiger partial charge in [-0.3, -0.25) is 4.79 Å². The number of hydrogen-bond acceptors (Lipinski definition) is 5. The number of carbonyl (C=O) groups is 2. The van der Waals surface area contributed by atoms with Crippen molar-refractivity contribution < 1.29 is 24.9 Å². The summed E-state index contributed by atoms with van der Waals surface area (Å²) >= 11 is 1.94. The summed E-state index contributed by atoms with van der Waals surface area (Å²) in [6.07, 6.45) is 18.3. The first-order valence-corrected chi connectivity index (χ1v) is 14.4. The molecule has 0 aliphatic heterocycles. The summed E-state index contributed by atoms with van der Waals surface area (Å²) in [7, 11) is 0. The summed E-state index contributed by atoms with van der Waals surface area (Å²) in [5.41, 5.74) is 0. The van der Waals surface area contributed by atoms with Gasteiger partial charge < -0.3 is 15.3 Å². The predicted octanol–water partition coefficient (Wildman–Crippen LogP) is 6.96. The summed E-state index contributed by atoms with van der Waals surface area (Å²) in [5.74, 6) is -1.69. The Morgan fingerprint density at radius 1 is 0.677 bits per heavy atom. The zero-order valence-corrected chi connectivity index (χ0v) is 21.4. The van der Waals surface area contributed by atoms with Crippen molar-refractivity contribution in [1.29, 1.82) is 0 Å². The highest BCUT2D eigenvalue weighted by molar-refractivity contribution is 8.05. The molecule has 7 heteroatoms. The van der Waals surface area contributed by atoms with Crippen LogP contribution in [0.15, 0.2) is 0 Å². The van der Waals surface area contributed by atoms with Gasteiger partial charge in [-0.2, -0.15) is 0 Å². The second-order valence-corrected chi connectivity index (χ2v) is 10.9. The Kier molecular flexibility index (Phi) is 20.0. The molecule has 0 aliphatic rings. The van der Waals surface area contributed by atoms with E-state index in [1.54, 1.807) is 0 Å². The van der Waals surface area contributed by atoms with E-state index in [9.17, 15) is 24.9 Å². The van der Waals surface area contributed by atoms with E-state index in [0.29, 0.717) is 11.5 Å². The van der Waals surface area contributed by atoms with Crippen LogP contribution in [0.2, 0.25) is 0 Å². The SMILES string of the molecule is CCCCCCCCCCSC(C(=O)O)C(O)(SCCCCCCCCCC)C(=O)O. The molecule has 0 radical (unpaired) electrons. The van der Waals surface area contributed by atoms with Crippen LogP contribution < -0.4 is 0 Å². The standard InChI is InChI=1S/C24H46O5S2/c1-3-5-7-9-11-13-15-17-19-30-21(22(25)26)24(29,23(27)28)31-20-18-16-14-12-10-8-6-4-2/h21,29H,3-20H2,1-2H3,(H,25,26)(H,27,28). The molecule has 0 aromatic heterocycles. The lowest BCUT2D eigenvalue weighted by Gasteiger charge is -2.28. The molecule has 0 bridgehead atoms. The fraction of sp³-hybridized carbons (Fsp3) is 0.917. The molecular formula is C24H46O5S2. The van der Waals surface area contributed by atoms with E-state index < -0.39 is 22.1 Å². The maximum Gasteiger partial charge on any atom is 0.348 e. The average molecular weight is 479 g/mol. The molecule has 184 valence electrons. The van der Waals surface area contributed by atoms with Crippen molar-refractivity contribution in [3.05, 3.63) is 0 Å². The van der Waals surface area contributed by atoms with Gasteiger partial charge in [0.2, 0.25) is 4.93 Å². The van der Waals surface area contributed by atoms with Gasteiger partial charge in [0.25, 0.3) is 0 Å². The average Bonchev–Trinajstić information content (AvgIpc) is 2.73. The van der Waals surface area contributed by atoms with Gasteiger partial charge >= 0.3 is 11.9 Å². The van der Waals surface area contributed by atoms with Gasteiger partial charge in [-0.15, -0.1) is 23.5 Å². The molecule has 3 N–H and O–H groups in total. The van der Waals surface area contributed by atoms with Crippen molar-refractivity contribution in [2.24, 2.45) is 0 Å². The van der Waals surface area contributed by atoms with Gasteiger partial charge in [0.15, 0.2) is 5.25 Å². The van der Waals surface area contributed by atoms with E-state index in [0.717, 1.165) is 62.0 Å². The van der Waals surface area contributed by atoms with Crippen molar-refractivity contribution in [2.75, 3.05) is 11.5 Å². The molecule has 0 aromatic carbocycles. The van der Waals surface area contributed by atoms with Crippen molar-refractivity contribution in [3.63, 3.8) is 0 Å². The Hall–Kier alpha value is -0.400. The predicted molar refractivity (Wildman–Crippen MR) is 134 cm³/mol. The smallest absolute Gasteiger partial charge is 0.348 e. The second-order valence-electron chi connectivity index (χ2n) is 8.39. The Labute approximate surface area is 198 Å². The van der Waals surface area contributed by atoms with Gasteiger partial charge in [-0.25, -0.2) is 4.79 Å². The normalized spacial score (nSPS) is 14.3. The maximum atomic E-state index is 11.7. The third kappa shape index (κ3) is 15.1. The molecule has 0 aliphatic carbocycles. The second kappa shape index (κ2) is 20.2. The zero-order valence-electron chi connectivity index (χ0n) is 19.8. The highest BCUT2D eigenvalue weighted by Crippen LogP contribution is 2.36. The molecular weight excluding hydrogens is 432 g/mol. The zero-order chi connectivity index (χ0) is 23.4. The molecule has 0 saturated carbocycles. The van der Waals surface area contributed by atoms with Gasteiger partial charge in [0.05, 0.1) is 0 Å². The van der Waals surface area contributed by atoms with Crippen LogP contribution in [0.25, 0.3) is 0 Å². The van der Waals surface area contributed by atoms with Crippen LogP contribution in [0.5, 0.6) is 0 Å². The van der Waals surface area contributed by atoms with E-state index in [1.165, 1.54) is 64.2 Å². The highest BCUT2D eigenvalue weighted by atomic mass is 32.2. The Morgan fingerprint density at radius 2 is 1.06 bits per heavy atom. The maximum absolute atomic E-state index is 11.7. The monoisotopic (exact) mass is 478 g/mol. The van der Waals surface area contributed by atoms with Crippen molar-refractivity contribution in [1.82, 2.24) is 0 Å². The number of hydrogen-bond donors (Lipinski definition) is 3. The Bertz CT molecular complexity index is 461. The minimum Gasteiger partial charge on any atom is -0.480 e. The third-order valence-electron chi connectivity index (χ3n) is 5.49. The molecule has 0 rings (SSSR count). The Morgan fingerprint density at radius 3 is 1.45 bits per heavy atom. The summed E-state index contributed by atoms with van der Waals surface area (Å²) < 4.78 is 0. The highest BCUT2D eigenvalue weighted by Gasteiger charge is 2.49. The van der Waals surface area contributed by atoms with Crippen LogP contribution in [0.4, 0.5) is 0 Å². The minimum atomic E-state index is -2.28. The molecule has 0 amide bonds. The summed E-state index contributed by atoms with van der Waals surface area (Å²) in [5, 5.41) is 28.5. The summed E-state index contributed by atoms with van der Waals surface area (Å²) in [6, 6.07) is 0.